The second-order valence-corrected chi connectivity index (χ2v) is 8.09. The summed E-state index contributed by atoms with van der Waals surface area (Å²) in [5, 5.41) is 30.5. The Bertz CT molecular complexity index is 1170. The van der Waals surface area contributed by atoms with Gasteiger partial charge in [0.25, 0.3) is 0 Å². The Morgan fingerprint density at radius 2 is 1.18 bits per heavy atom. The van der Waals surface area contributed by atoms with E-state index in [2.05, 4.69) is 58.5 Å². The van der Waals surface area contributed by atoms with E-state index in [0.29, 0.717) is 5.75 Å². The van der Waals surface area contributed by atoms with Crippen LogP contribution in [0.1, 0.15) is 47.6 Å². The molecule has 5 aromatic rings. The van der Waals surface area contributed by atoms with Crippen molar-refractivity contribution in [1.29, 1.82) is 0 Å². The number of fused-ring (bicyclic) bond motifs is 2. The number of aromatic nitrogens is 6. The van der Waals surface area contributed by atoms with E-state index in [0.717, 1.165) is 46.0 Å². The van der Waals surface area contributed by atoms with Crippen molar-refractivity contribution in [3.05, 3.63) is 76.3 Å². The average Bonchev–Trinajstić information content (AvgIpc) is 3.52. The molecule has 0 spiro atoms. The number of nitrogens with one attached hydrogen (secondary N) is 2. The van der Waals surface area contributed by atoms with Crippen molar-refractivity contribution in [1.82, 2.24) is 30.8 Å². The van der Waals surface area contributed by atoms with E-state index in [1.807, 2.05) is 55.5 Å². The predicted molar refractivity (Wildman–Crippen MR) is 133 cm³/mol. The smallest absolute Gasteiger partial charge is 0.122 e. The zero-order valence-electron chi connectivity index (χ0n) is 20.0. The fourth-order valence-corrected chi connectivity index (χ4v) is 3.61. The Balaban J connectivity index is 0.000000146. The molecule has 0 amide bonds. The van der Waals surface area contributed by atoms with E-state index >= 15 is 0 Å². The summed E-state index contributed by atoms with van der Waals surface area (Å²) in [5.74, 6) is 0.518. The summed E-state index contributed by atoms with van der Waals surface area (Å²) >= 11 is 0. The van der Waals surface area contributed by atoms with Crippen LogP contribution in [0.2, 0.25) is 0 Å². The first kappa shape index (κ1) is 23.9. The zero-order chi connectivity index (χ0) is 23.8. The van der Waals surface area contributed by atoms with Gasteiger partial charge in [0.05, 0.1) is 11.0 Å². The van der Waals surface area contributed by atoms with Gasteiger partial charge in [-0.3, -0.25) is 10.2 Å². The third kappa shape index (κ3) is 5.74. The van der Waals surface area contributed by atoms with Crippen molar-refractivity contribution >= 4 is 22.1 Å². The number of unbranched alkanes of at least 4 members (excludes halogenated alkanes) is 1. The Kier molecular flexibility index (Phi) is 8.13. The van der Waals surface area contributed by atoms with E-state index in [1.165, 1.54) is 23.1 Å². The molecule has 0 fully saturated rings. The van der Waals surface area contributed by atoms with Crippen molar-refractivity contribution in [3.63, 3.8) is 0 Å². The molecule has 0 aliphatic rings. The lowest BCUT2D eigenvalue weighted by Gasteiger charge is -2.16. The Morgan fingerprint density at radius 3 is 1.67 bits per heavy atom. The number of nitrogens with zero attached hydrogens (tertiary/aromatic N) is 4. The highest BCUT2D eigenvalue weighted by atomic mass is 16.3. The maximum Gasteiger partial charge on any atom is 0.122 e. The number of benzene rings is 3. The van der Waals surface area contributed by atoms with Crippen LogP contribution < -0.4 is 0 Å². The molecule has 33 heavy (non-hydrogen) atoms. The van der Waals surface area contributed by atoms with Crippen LogP contribution >= 0.6 is 0 Å². The molecule has 0 radical (unpaired) electrons. The van der Waals surface area contributed by atoms with Gasteiger partial charge in [-0.05, 0) is 92.6 Å². The first-order chi connectivity index (χ1) is 15.9. The number of rotatable bonds is 3. The molecule has 0 aliphatic heterocycles. The molecule has 0 saturated carbocycles. The Hall–Kier alpha value is -3.74. The summed E-state index contributed by atoms with van der Waals surface area (Å²) in [7, 11) is 0. The minimum Gasteiger partial charge on any atom is -0.507 e. The van der Waals surface area contributed by atoms with Crippen LogP contribution in [0.5, 0.6) is 5.75 Å². The van der Waals surface area contributed by atoms with E-state index in [4.69, 9.17) is 0 Å². The van der Waals surface area contributed by atoms with E-state index < -0.39 is 0 Å². The molecule has 0 atom stereocenters. The van der Waals surface area contributed by atoms with Crippen LogP contribution in [-0.2, 0) is 6.42 Å². The highest BCUT2D eigenvalue weighted by molar-refractivity contribution is 5.73. The van der Waals surface area contributed by atoms with E-state index in [9.17, 15) is 5.11 Å². The molecule has 0 saturated heterocycles. The molecule has 172 valence electrons. The van der Waals surface area contributed by atoms with Gasteiger partial charge in [0.1, 0.15) is 16.8 Å². The molecule has 3 aromatic carbocycles. The predicted octanol–water partition coefficient (Wildman–Crippen LogP) is 5.88. The quantitative estimate of drug-likeness (QED) is 0.322. The highest BCUT2D eigenvalue weighted by Crippen LogP contribution is 2.32. The van der Waals surface area contributed by atoms with Gasteiger partial charge in [0.15, 0.2) is 0 Å². The molecular weight excluding hydrogens is 412 g/mol. The van der Waals surface area contributed by atoms with E-state index in [1.54, 1.807) is 0 Å². The Morgan fingerprint density at radius 1 is 0.697 bits per heavy atom. The molecule has 7 heteroatoms. The minimum atomic E-state index is 0.518. The monoisotopic (exact) mass is 444 g/mol. The Labute approximate surface area is 194 Å². The first-order valence-electron chi connectivity index (χ1n) is 11.2. The van der Waals surface area contributed by atoms with Gasteiger partial charge in [-0.2, -0.15) is 0 Å². The molecule has 2 aromatic heterocycles. The molecular formula is C26H32N6O. The summed E-state index contributed by atoms with van der Waals surface area (Å²) < 4.78 is 0. The van der Waals surface area contributed by atoms with Crippen LogP contribution in [0.15, 0.2) is 48.5 Å². The summed E-state index contributed by atoms with van der Waals surface area (Å²) in [5.41, 5.74) is 9.82. The lowest BCUT2D eigenvalue weighted by atomic mass is 9.91. The normalized spacial score (nSPS) is 10.5. The van der Waals surface area contributed by atoms with Crippen LogP contribution in [-0.4, -0.2) is 35.9 Å². The standard InChI is InChI=1S/C14H22O.2C6H5N3/c1-6-7-8-13-11(4)9(2)10(3)12(5)14(13)15;2*1-2-4-6-5(3-1)7-9-8-6/h15H,6-8H2,1-5H3;2*1-4H,(H,7,8,9). The van der Waals surface area contributed by atoms with Crippen molar-refractivity contribution in [2.75, 3.05) is 0 Å². The molecule has 3 N–H and O–H groups in total. The lowest BCUT2D eigenvalue weighted by molar-refractivity contribution is 0.461. The van der Waals surface area contributed by atoms with Gasteiger partial charge in [0, 0.05) is 0 Å². The van der Waals surface area contributed by atoms with Crippen LogP contribution in [0.3, 0.4) is 0 Å². The molecule has 2 heterocycles. The lowest BCUT2D eigenvalue weighted by Crippen LogP contribution is -1.99. The molecule has 5 rings (SSSR count). The summed E-state index contributed by atoms with van der Waals surface area (Å²) in [6, 6.07) is 15.5. The van der Waals surface area contributed by atoms with Crippen molar-refractivity contribution in [2.24, 2.45) is 0 Å². The van der Waals surface area contributed by atoms with E-state index in [-0.39, 0.29) is 0 Å². The third-order valence-corrected chi connectivity index (χ3v) is 6.03. The van der Waals surface area contributed by atoms with Gasteiger partial charge < -0.3 is 5.11 Å². The summed E-state index contributed by atoms with van der Waals surface area (Å²) in [4.78, 5) is 0. The van der Waals surface area contributed by atoms with Gasteiger partial charge >= 0.3 is 0 Å². The highest BCUT2D eigenvalue weighted by Gasteiger charge is 2.13. The summed E-state index contributed by atoms with van der Waals surface area (Å²) in [6.07, 6.45) is 3.32. The van der Waals surface area contributed by atoms with Crippen molar-refractivity contribution < 1.29 is 5.11 Å². The van der Waals surface area contributed by atoms with Gasteiger partial charge in [0.2, 0.25) is 0 Å². The molecule has 0 bridgehead atoms. The van der Waals surface area contributed by atoms with Crippen LogP contribution in [0.25, 0.3) is 22.1 Å². The number of H-pyrrole nitrogens is 2. The number of aromatic amines is 2. The maximum atomic E-state index is 10.1. The van der Waals surface area contributed by atoms with Gasteiger partial charge in [-0.1, -0.05) is 48.0 Å². The fourth-order valence-electron chi connectivity index (χ4n) is 3.61. The number of hydrogen-bond donors (Lipinski definition) is 3. The second-order valence-electron chi connectivity index (χ2n) is 8.09. The number of phenolic OH excluding ortho intramolecular Hbond substituents is 1. The zero-order valence-corrected chi connectivity index (χ0v) is 20.0. The van der Waals surface area contributed by atoms with Gasteiger partial charge in [-0.25, -0.2) is 0 Å². The number of para-hydroxylation sites is 2. The number of aromatic hydroxyl groups is 1. The van der Waals surface area contributed by atoms with Crippen molar-refractivity contribution in [2.45, 2.75) is 53.9 Å². The SMILES string of the molecule is CCCCc1c(C)c(C)c(C)c(C)c1O.c1ccc2[nH]nnc2c1.c1ccc2[nH]nnc2c1. The van der Waals surface area contributed by atoms with Gasteiger partial charge in [-0.15, -0.1) is 10.2 Å². The second kappa shape index (κ2) is 11.2. The van der Waals surface area contributed by atoms with Crippen LogP contribution in [0, 0.1) is 27.7 Å². The number of phenols is 1. The fraction of sp³-hybridized carbons (Fsp3) is 0.308. The molecule has 7 nitrogen and oxygen atoms in total. The molecule has 0 unspecified atom stereocenters. The minimum absolute atomic E-state index is 0.518. The largest absolute Gasteiger partial charge is 0.507 e. The maximum absolute atomic E-state index is 10.1. The van der Waals surface area contributed by atoms with Crippen LogP contribution in [0.4, 0.5) is 0 Å². The van der Waals surface area contributed by atoms with Crippen molar-refractivity contribution in [3.8, 4) is 5.75 Å². The topological polar surface area (TPSA) is 103 Å². The molecule has 0 aliphatic carbocycles. The summed E-state index contributed by atoms with van der Waals surface area (Å²) in [6.45, 7) is 10.5. The number of hydrogen-bond acceptors (Lipinski definition) is 5. The average molecular weight is 445 g/mol. The first-order valence-corrected chi connectivity index (χ1v) is 11.2. The third-order valence-electron chi connectivity index (χ3n) is 6.03.